The molecule has 0 aliphatic carbocycles. The van der Waals surface area contributed by atoms with E-state index in [0.29, 0.717) is 12.8 Å². The first-order valence-corrected chi connectivity index (χ1v) is 8.78. The SMILES string of the molecule is C.C.CC(C)(C)[C@H]1C[C@@H](O)[C@@H](O)CO1.CC(C)(C)[C@H]1C[C@@H](O)[C@H](O)CO1. The Labute approximate surface area is 160 Å². The van der Waals surface area contributed by atoms with Gasteiger partial charge in [-0.2, -0.15) is 0 Å². The second kappa shape index (κ2) is 10.9. The van der Waals surface area contributed by atoms with Gasteiger partial charge in [0.1, 0.15) is 12.2 Å². The molecule has 26 heavy (non-hydrogen) atoms. The molecule has 2 rings (SSSR count). The Balaban J connectivity index is 0. The fourth-order valence-corrected chi connectivity index (χ4v) is 2.75. The summed E-state index contributed by atoms with van der Waals surface area (Å²) in [7, 11) is 0. The van der Waals surface area contributed by atoms with E-state index in [9.17, 15) is 20.4 Å². The number of aliphatic hydroxyl groups is 4. The van der Waals surface area contributed by atoms with Crippen molar-refractivity contribution in [2.24, 2.45) is 10.8 Å². The quantitative estimate of drug-likeness (QED) is 0.515. The molecule has 0 bridgehead atoms. The third-order valence-electron chi connectivity index (χ3n) is 4.67. The molecule has 0 aromatic carbocycles. The van der Waals surface area contributed by atoms with E-state index in [4.69, 9.17) is 9.47 Å². The maximum Gasteiger partial charge on any atom is 0.103 e. The normalized spacial score (nSPS) is 35.3. The van der Waals surface area contributed by atoms with Crippen LogP contribution < -0.4 is 0 Å². The number of hydrogen-bond donors (Lipinski definition) is 4. The lowest BCUT2D eigenvalue weighted by molar-refractivity contribution is -0.148. The van der Waals surface area contributed by atoms with Crippen molar-refractivity contribution < 1.29 is 29.9 Å². The van der Waals surface area contributed by atoms with E-state index in [1.54, 1.807) is 0 Å². The molecule has 6 atom stereocenters. The minimum Gasteiger partial charge on any atom is -0.390 e. The monoisotopic (exact) mass is 380 g/mol. The molecule has 0 saturated carbocycles. The predicted octanol–water partition coefficient (Wildman–Crippen LogP) is 2.36. The summed E-state index contributed by atoms with van der Waals surface area (Å²) in [5, 5.41) is 37.1. The average molecular weight is 381 g/mol. The van der Waals surface area contributed by atoms with Gasteiger partial charge in [-0.1, -0.05) is 56.4 Å². The second-order valence-corrected chi connectivity index (χ2v) is 9.12. The molecule has 6 nitrogen and oxygen atoms in total. The Morgan fingerprint density at radius 3 is 1.04 bits per heavy atom. The fourth-order valence-electron chi connectivity index (χ4n) is 2.75. The Hall–Kier alpha value is -0.240. The molecule has 160 valence electrons. The van der Waals surface area contributed by atoms with E-state index >= 15 is 0 Å². The molecule has 0 aromatic rings. The van der Waals surface area contributed by atoms with Crippen molar-refractivity contribution in [1.29, 1.82) is 0 Å². The van der Waals surface area contributed by atoms with Crippen molar-refractivity contribution in [2.45, 2.75) is 106 Å². The molecule has 2 aliphatic heterocycles. The van der Waals surface area contributed by atoms with Gasteiger partial charge < -0.3 is 29.9 Å². The minimum absolute atomic E-state index is 0. The summed E-state index contributed by atoms with van der Waals surface area (Å²) in [5.41, 5.74) is 0.0856. The van der Waals surface area contributed by atoms with Crippen molar-refractivity contribution in [3.63, 3.8) is 0 Å². The van der Waals surface area contributed by atoms with Gasteiger partial charge in [0, 0.05) is 12.8 Å². The van der Waals surface area contributed by atoms with Crippen LogP contribution in [0, 0.1) is 10.8 Å². The Morgan fingerprint density at radius 1 is 0.577 bits per heavy atom. The van der Waals surface area contributed by atoms with Crippen LogP contribution in [0.2, 0.25) is 0 Å². The van der Waals surface area contributed by atoms with Gasteiger partial charge >= 0.3 is 0 Å². The van der Waals surface area contributed by atoms with E-state index in [1.807, 2.05) is 0 Å². The Kier molecular flexibility index (Phi) is 11.8. The maximum atomic E-state index is 9.38. The zero-order chi connectivity index (χ0) is 18.7. The van der Waals surface area contributed by atoms with Crippen LogP contribution >= 0.6 is 0 Å². The zero-order valence-electron chi connectivity index (χ0n) is 15.9. The van der Waals surface area contributed by atoms with Crippen molar-refractivity contribution in [1.82, 2.24) is 0 Å². The maximum absolute atomic E-state index is 9.38. The Bertz CT molecular complexity index is 337. The van der Waals surface area contributed by atoms with E-state index in [0.717, 1.165) is 0 Å². The standard InChI is InChI=1S/2C9H18O3.2CH4/c2*1-9(2,3)8-4-6(10)7(11)5-12-8;;/h2*6-8,10-11H,4-5H2,1-3H3;2*1H4/t6-,7+,8-;6-,7-,8-;;/m11../s1. The van der Waals surface area contributed by atoms with E-state index in [2.05, 4.69) is 41.5 Å². The third kappa shape index (κ3) is 8.63. The molecule has 2 saturated heterocycles. The topological polar surface area (TPSA) is 99.4 Å². The lowest BCUT2D eigenvalue weighted by Gasteiger charge is -2.37. The van der Waals surface area contributed by atoms with Crippen LogP contribution in [0.5, 0.6) is 0 Å². The number of aliphatic hydroxyl groups excluding tert-OH is 4. The largest absolute Gasteiger partial charge is 0.390 e. The number of ether oxygens (including phenoxy) is 2. The average Bonchev–Trinajstić information content (AvgIpc) is 2.43. The zero-order valence-corrected chi connectivity index (χ0v) is 15.9. The van der Waals surface area contributed by atoms with Crippen molar-refractivity contribution in [2.75, 3.05) is 13.2 Å². The summed E-state index contributed by atoms with van der Waals surface area (Å²) >= 11 is 0. The summed E-state index contributed by atoms with van der Waals surface area (Å²) in [6, 6.07) is 0. The van der Waals surface area contributed by atoms with Crippen LogP contribution in [-0.2, 0) is 9.47 Å². The molecule has 0 amide bonds. The van der Waals surface area contributed by atoms with Gasteiger partial charge in [-0.05, 0) is 10.8 Å². The molecule has 6 heteroatoms. The minimum atomic E-state index is -0.705. The van der Waals surface area contributed by atoms with Crippen LogP contribution in [0.4, 0.5) is 0 Å². The summed E-state index contributed by atoms with van der Waals surface area (Å²) < 4.78 is 10.8. The van der Waals surface area contributed by atoms with Crippen molar-refractivity contribution in [3.05, 3.63) is 0 Å². The summed E-state index contributed by atoms with van der Waals surface area (Å²) in [6.07, 6.45) is -1.49. The molecule has 2 aliphatic rings. The highest BCUT2D eigenvalue weighted by Crippen LogP contribution is 2.30. The summed E-state index contributed by atoms with van der Waals surface area (Å²) in [6.45, 7) is 12.9. The Morgan fingerprint density at radius 2 is 0.846 bits per heavy atom. The van der Waals surface area contributed by atoms with Crippen LogP contribution in [0.3, 0.4) is 0 Å². The summed E-state index contributed by atoms with van der Waals surface area (Å²) in [4.78, 5) is 0. The molecule has 0 unspecified atom stereocenters. The number of rotatable bonds is 0. The molecule has 2 fully saturated rings. The molecular formula is C20H44O6. The molecule has 0 aromatic heterocycles. The van der Waals surface area contributed by atoms with Gasteiger partial charge in [0.05, 0.1) is 37.6 Å². The highest BCUT2D eigenvalue weighted by atomic mass is 16.5. The van der Waals surface area contributed by atoms with Gasteiger partial charge in [0.15, 0.2) is 0 Å². The molecule has 0 radical (unpaired) electrons. The van der Waals surface area contributed by atoms with Crippen LogP contribution in [-0.4, -0.2) is 70.3 Å². The lowest BCUT2D eigenvalue weighted by atomic mass is 9.83. The molecular weight excluding hydrogens is 336 g/mol. The van der Waals surface area contributed by atoms with Gasteiger partial charge in [-0.15, -0.1) is 0 Å². The van der Waals surface area contributed by atoms with Crippen LogP contribution in [0.1, 0.15) is 69.2 Å². The van der Waals surface area contributed by atoms with E-state index in [1.165, 1.54) is 0 Å². The van der Waals surface area contributed by atoms with Crippen molar-refractivity contribution in [3.8, 4) is 0 Å². The van der Waals surface area contributed by atoms with E-state index < -0.39 is 24.4 Å². The fraction of sp³-hybridized carbons (Fsp3) is 1.00. The van der Waals surface area contributed by atoms with E-state index in [-0.39, 0.29) is 51.1 Å². The van der Waals surface area contributed by atoms with Crippen LogP contribution in [0.15, 0.2) is 0 Å². The van der Waals surface area contributed by atoms with Gasteiger partial charge in [-0.3, -0.25) is 0 Å². The molecule has 2 heterocycles. The molecule has 4 N–H and O–H groups in total. The van der Waals surface area contributed by atoms with Gasteiger partial charge in [0.2, 0.25) is 0 Å². The number of hydrogen-bond acceptors (Lipinski definition) is 6. The molecule has 0 spiro atoms. The lowest BCUT2D eigenvalue weighted by Crippen LogP contribution is -2.45. The third-order valence-corrected chi connectivity index (χ3v) is 4.67. The van der Waals surface area contributed by atoms with Gasteiger partial charge in [-0.25, -0.2) is 0 Å². The highest BCUT2D eigenvalue weighted by molar-refractivity contribution is 4.85. The van der Waals surface area contributed by atoms with Crippen molar-refractivity contribution >= 4 is 0 Å². The highest BCUT2D eigenvalue weighted by Gasteiger charge is 2.35. The first-order chi connectivity index (χ1) is 10.8. The summed E-state index contributed by atoms with van der Waals surface area (Å²) in [5.74, 6) is 0. The van der Waals surface area contributed by atoms with Gasteiger partial charge in [0.25, 0.3) is 0 Å². The second-order valence-electron chi connectivity index (χ2n) is 9.12. The first-order valence-electron chi connectivity index (χ1n) is 8.78. The predicted molar refractivity (Wildman–Crippen MR) is 105 cm³/mol. The first kappa shape index (κ1) is 28.0. The smallest absolute Gasteiger partial charge is 0.103 e. The van der Waals surface area contributed by atoms with Crippen LogP contribution in [0.25, 0.3) is 0 Å².